The molecular formula is C13H13BrO4. The summed E-state index contributed by atoms with van der Waals surface area (Å²) in [7, 11) is 0. The van der Waals surface area contributed by atoms with E-state index >= 15 is 0 Å². The first-order chi connectivity index (χ1) is 8.65. The molecule has 0 unspecified atom stereocenters. The molecule has 1 atom stereocenters. The van der Waals surface area contributed by atoms with Crippen molar-refractivity contribution in [1.82, 2.24) is 0 Å². The number of carbonyl (C=O) groups excluding carboxylic acids is 2. The van der Waals surface area contributed by atoms with Gasteiger partial charge >= 0.3 is 5.97 Å². The zero-order valence-electron chi connectivity index (χ0n) is 9.73. The van der Waals surface area contributed by atoms with Gasteiger partial charge in [0.15, 0.2) is 16.6 Å². The van der Waals surface area contributed by atoms with Crippen LogP contribution in [0.2, 0.25) is 0 Å². The summed E-state index contributed by atoms with van der Waals surface area (Å²) in [5.41, 5.74) is 0. The molecule has 0 aliphatic heterocycles. The minimum atomic E-state index is -0.570. The number of rotatable bonds is 3. The Kier molecular flexibility index (Phi) is 4.36. The van der Waals surface area contributed by atoms with Gasteiger partial charge in [0, 0.05) is 12.5 Å². The Labute approximate surface area is 113 Å². The fourth-order valence-electron chi connectivity index (χ4n) is 1.82. The zero-order valence-corrected chi connectivity index (χ0v) is 11.3. The lowest BCUT2D eigenvalue weighted by Crippen LogP contribution is -2.29. The lowest BCUT2D eigenvalue weighted by atomic mass is 9.96. The second kappa shape index (κ2) is 6.00. The van der Waals surface area contributed by atoms with Gasteiger partial charge in [-0.2, -0.15) is 0 Å². The molecule has 18 heavy (non-hydrogen) atoms. The van der Waals surface area contributed by atoms with Crippen molar-refractivity contribution < 1.29 is 18.7 Å². The van der Waals surface area contributed by atoms with E-state index in [4.69, 9.17) is 9.15 Å². The average Bonchev–Trinajstić information content (AvgIpc) is 2.76. The molecule has 1 saturated carbocycles. The molecule has 96 valence electrons. The van der Waals surface area contributed by atoms with Crippen molar-refractivity contribution in [2.75, 3.05) is 0 Å². The summed E-state index contributed by atoms with van der Waals surface area (Å²) < 4.78 is 10.9. The summed E-state index contributed by atoms with van der Waals surface area (Å²) in [6, 6.07) is 3.45. The van der Waals surface area contributed by atoms with Gasteiger partial charge in [-0.05, 0) is 53.4 Å². The third kappa shape index (κ3) is 3.57. The molecule has 1 fully saturated rings. The smallest absolute Gasteiger partial charge is 0.331 e. The third-order valence-corrected chi connectivity index (χ3v) is 3.16. The first-order valence-electron chi connectivity index (χ1n) is 5.82. The first kappa shape index (κ1) is 13.1. The van der Waals surface area contributed by atoms with Gasteiger partial charge in [0.1, 0.15) is 5.76 Å². The molecule has 0 saturated heterocycles. The third-order valence-electron chi connectivity index (χ3n) is 2.73. The van der Waals surface area contributed by atoms with Gasteiger partial charge in [0.2, 0.25) is 0 Å². The number of ether oxygens (including phenoxy) is 1. The summed E-state index contributed by atoms with van der Waals surface area (Å²) in [5, 5.41) is 0. The summed E-state index contributed by atoms with van der Waals surface area (Å²) in [6.07, 6.45) is 5.17. The molecule has 0 N–H and O–H groups in total. The molecule has 1 aliphatic rings. The Morgan fingerprint density at radius 1 is 1.44 bits per heavy atom. The molecule has 5 heteroatoms. The Morgan fingerprint density at radius 2 is 2.28 bits per heavy atom. The molecule has 2 rings (SSSR count). The number of hydrogen-bond donors (Lipinski definition) is 0. The second-order valence-corrected chi connectivity index (χ2v) is 4.89. The molecule has 0 bridgehead atoms. The number of Topliss-reactive ketones (excluding diaryl/α,β-unsaturated/α-hetero) is 1. The predicted molar refractivity (Wildman–Crippen MR) is 68.8 cm³/mol. The number of furan rings is 1. The van der Waals surface area contributed by atoms with Gasteiger partial charge in [0.05, 0.1) is 0 Å². The molecule has 0 radical (unpaired) electrons. The number of halogens is 1. The first-order valence-corrected chi connectivity index (χ1v) is 6.61. The van der Waals surface area contributed by atoms with Crippen LogP contribution >= 0.6 is 15.9 Å². The van der Waals surface area contributed by atoms with E-state index in [0.717, 1.165) is 12.8 Å². The largest absolute Gasteiger partial charge is 0.451 e. The van der Waals surface area contributed by atoms with Crippen LogP contribution in [0.3, 0.4) is 0 Å². The highest BCUT2D eigenvalue weighted by molar-refractivity contribution is 9.10. The van der Waals surface area contributed by atoms with Crippen LogP contribution in [0, 0.1) is 0 Å². The summed E-state index contributed by atoms with van der Waals surface area (Å²) in [6.45, 7) is 0. The number of hydrogen-bond acceptors (Lipinski definition) is 4. The Balaban J connectivity index is 1.88. The molecule has 0 spiro atoms. The van der Waals surface area contributed by atoms with Crippen molar-refractivity contribution in [3.8, 4) is 0 Å². The van der Waals surface area contributed by atoms with Gasteiger partial charge in [-0.3, -0.25) is 4.79 Å². The van der Waals surface area contributed by atoms with Crippen molar-refractivity contribution >= 4 is 33.8 Å². The van der Waals surface area contributed by atoms with E-state index in [9.17, 15) is 9.59 Å². The van der Waals surface area contributed by atoms with E-state index < -0.39 is 12.1 Å². The standard InChI is InChI=1S/C13H13BrO4/c14-12-7-5-9(17-12)6-8-13(16)18-11-4-2-1-3-10(11)15/h5-8,11H,1-4H2/b8-6+/t11-/m1/s1. The van der Waals surface area contributed by atoms with Crippen LogP contribution in [0.4, 0.5) is 0 Å². The summed E-state index contributed by atoms with van der Waals surface area (Å²) >= 11 is 3.17. The van der Waals surface area contributed by atoms with Crippen molar-refractivity contribution in [2.24, 2.45) is 0 Å². The van der Waals surface area contributed by atoms with Gasteiger partial charge < -0.3 is 9.15 Å². The molecule has 0 amide bonds. The molecule has 1 aromatic heterocycles. The highest BCUT2D eigenvalue weighted by atomic mass is 79.9. The number of carbonyl (C=O) groups is 2. The summed E-state index contributed by atoms with van der Waals surface area (Å²) in [4.78, 5) is 23.0. The van der Waals surface area contributed by atoms with Gasteiger partial charge in [-0.15, -0.1) is 0 Å². The average molecular weight is 313 g/mol. The number of esters is 1. The van der Waals surface area contributed by atoms with E-state index in [-0.39, 0.29) is 5.78 Å². The van der Waals surface area contributed by atoms with Crippen molar-refractivity contribution in [3.63, 3.8) is 0 Å². The molecule has 0 aromatic carbocycles. The van der Waals surface area contributed by atoms with Crippen LogP contribution in [0.15, 0.2) is 27.3 Å². The zero-order chi connectivity index (χ0) is 13.0. The highest BCUT2D eigenvalue weighted by Gasteiger charge is 2.24. The van der Waals surface area contributed by atoms with Crippen LogP contribution in [-0.2, 0) is 14.3 Å². The quantitative estimate of drug-likeness (QED) is 0.635. The minimum Gasteiger partial charge on any atom is -0.451 e. The fraction of sp³-hybridized carbons (Fsp3) is 0.385. The molecule has 1 aromatic rings. The topological polar surface area (TPSA) is 56.5 Å². The van der Waals surface area contributed by atoms with Crippen LogP contribution in [0.25, 0.3) is 6.08 Å². The van der Waals surface area contributed by atoms with Crippen molar-refractivity contribution in [3.05, 3.63) is 28.6 Å². The minimum absolute atomic E-state index is 0.0174. The van der Waals surface area contributed by atoms with E-state index in [1.807, 2.05) is 0 Å². The Morgan fingerprint density at radius 3 is 2.94 bits per heavy atom. The lowest BCUT2D eigenvalue weighted by molar-refractivity contribution is -0.152. The maximum atomic E-state index is 11.5. The fourth-order valence-corrected chi connectivity index (χ4v) is 2.14. The van der Waals surface area contributed by atoms with Gasteiger partial charge in [-0.25, -0.2) is 4.79 Å². The van der Waals surface area contributed by atoms with E-state index in [1.54, 1.807) is 12.1 Å². The summed E-state index contributed by atoms with van der Waals surface area (Å²) in [5.74, 6) is 0.0558. The van der Waals surface area contributed by atoms with E-state index in [1.165, 1.54) is 12.2 Å². The Hall–Kier alpha value is -1.36. The normalized spacial score (nSPS) is 20.3. The maximum Gasteiger partial charge on any atom is 0.331 e. The van der Waals surface area contributed by atoms with Crippen LogP contribution < -0.4 is 0 Å². The van der Waals surface area contributed by atoms with Crippen LogP contribution in [0.1, 0.15) is 31.4 Å². The van der Waals surface area contributed by atoms with Crippen molar-refractivity contribution in [2.45, 2.75) is 31.8 Å². The van der Waals surface area contributed by atoms with Crippen LogP contribution in [-0.4, -0.2) is 17.9 Å². The lowest BCUT2D eigenvalue weighted by Gasteiger charge is -2.19. The molecule has 4 nitrogen and oxygen atoms in total. The monoisotopic (exact) mass is 312 g/mol. The Bertz CT molecular complexity index is 475. The van der Waals surface area contributed by atoms with E-state index in [0.29, 0.717) is 23.3 Å². The number of ketones is 1. The van der Waals surface area contributed by atoms with Crippen LogP contribution in [0.5, 0.6) is 0 Å². The highest BCUT2D eigenvalue weighted by Crippen LogP contribution is 2.18. The SMILES string of the molecule is O=C(/C=C/c1ccc(Br)o1)O[C@@H]1CCCCC1=O. The maximum absolute atomic E-state index is 11.5. The second-order valence-electron chi connectivity index (χ2n) is 4.11. The molecule has 1 heterocycles. The van der Waals surface area contributed by atoms with E-state index in [2.05, 4.69) is 15.9 Å². The van der Waals surface area contributed by atoms with Crippen molar-refractivity contribution in [1.29, 1.82) is 0 Å². The van der Waals surface area contributed by atoms with Gasteiger partial charge in [0.25, 0.3) is 0 Å². The molecular weight excluding hydrogens is 300 g/mol. The molecule has 1 aliphatic carbocycles. The van der Waals surface area contributed by atoms with Gasteiger partial charge in [-0.1, -0.05) is 0 Å². The predicted octanol–water partition coefficient (Wildman–Crippen LogP) is 3.11.